The largest absolute Gasteiger partial charge is 0.461 e. The lowest BCUT2D eigenvalue weighted by Gasteiger charge is -2.14. The number of carbonyl (C=O) groups excluding carboxylic acids is 2. The molecule has 0 aromatic carbocycles. The average molecular weight is 269 g/mol. The fourth-order valence-electron chi connectivity index (χ4n) is 1.60. The number of hydrogen-bond donors (Lipinski definition) is 4. The van der Waals surface area contributed by atoms with Crippen LogP contribution in [0.4, 0.5) is 0 Å². The van der Waals surface area contributed by atoms with Crippen molar-refractivity contribution in [3.63, 3.8) is 0 Å². The van der Waals surface area contributed by atoms with Gasteiger partial charge in [0, 0.05) is 12.2 Å². The molecule has 0 aliphatic carbocycles. The summed E-state index contributed by atoms with van der Waals surface area (Å²) >= 11 is 0. The van der Waals surface area contributed by atoms with Crippen molar-refractivity contribution >= 4 is 24.5 Å². The molecular formula is C12H22BN2O4. The fraction of sp³-hybridized carbons (Fsp3) is 0.667. The molecule has 107 valence electrons. The monoisotopic (exact) mass is 269 g/mol. The Bertz CT molecular complexity index is 321. The Morgan fingerprint density at radius 2 is 2.00 bits per heavy atom. The predicted molar refractivity (Wildman–Crippen MR) is 73.8 cm³/mol. The molecule has 0 saturated carbocycles. The molecule has 0 aromatic heterocycles. The van der Waals surface area contributed by atoms with Crippen LogP contribution in [0.5, 0.6) is 0 Å². The molecular weight excluding hydrogens is 247 g/mol. The van der Waals surface area contributed by atoms with E-state index in [0.717, 1.165) is 12.8 Å². The molecule has 1 unspecified atom stereocenters. The molecule has 6 nitrogen and oxygen atoms in total. The summed E-state index contributed by atoms with van der Waals surface area (Å²) in [6.07, 6.45) is 2.94. The summed E-state index contributed by atoms with van der Waals surface area (Å²) in [5.41, 5.74) is -0.365. The van der Waals surface area contributed by atoms with Crippen molar-refractivity contribution in [2.24, 2.45) is 0 Å². The van der Waals surface area contributed by atoms with Crippen molar-refractivity contribution in [1.29, 1.82) is 5.41 Å². The second-order valence-corrected chi connectivity index (χ2v) is 4.35. The molecule has 4 N–H and O–H groups in total. The van der Waals surface area contributed by atoms with E-state index < -0.39 is 18.7 Å². The number of carbonyl (C=O) groups is 2. The lowest BCUT2D eigenvalue weighted by atomic mass is 9.67. The summed E-state index contributed by atoms with van der Waals surface area (Å²) < 4.78 is 0. The van der Waals surface area contributed by atoms with Crippen molar-refractivity contribution in [1.82, 2.24) is 5.32 Å². The van der Waals surface area contributed by atoms with Gasteiger partial charge in [-0.3, -0.25) is 9.59 Å². The standard InChI is InChI=1S/C12H22BN2O4/c1-3-5-6-7-11(17)15-8-10(16)12(14)9(4-2)13(18)19/h9,14,18-19H,1,3-8H2,2H3,(H,15,17). The van der Waals surface area contributed by atoms with Gasteiger partial charge in [0.1, 0.15) is 0 Å². The molecule has 0 fully saturated rings. The number of rotatable bonds is 10. The van der Waals surface area contributed by atoms with Crippen molar-refractivity contribution < 1.29 is 19.6 Å². The Kier molecular flexibility index (Phi) is 9.07. The third-order valence-corrected chi connectivity index (χ3v) is 2.82. The Hall–Kier alpha value is -1.21. The maximum absolute atomic E-state index is 11.6. The minimum Gasteiger partial charge on any atom is -0.427 e. The van der Waals surface area contributed by atoms with Crippen LogP contribution in [0.15, 0.2) is 0 Å². The number of unbranched alkanes of at least 4 members (excludes halogenated alkanes) is 2. The number of hydrogen-bond acceptors (Lipinski definition) is 5. The van der Waals surface area contributed by atoms with Crippen LogP contribution in [0.1, 0.15) is 39.0 Å². The highest BCUT2D eigenvalue weighted by Crippen LogP contribution is 2.13. The molecule has 1 radical (unpaired) electrons. The predicted octanol–water partition coefficient (Wildman–Crippen LogP) is 0.339. The first-order valence-electron chi connectivity index (χ1n) is 6.47. The van der Waals surface area contributed by atoms with Gasteiger partial charge in [-0.2, -0.15) is 0 Å². The quantitative estimate of drug-likeness (QED) is 0.260. The van der Waals surface area contributed by atoms with Crippen LogP contribution in [0, 0.1) is 12.3 Å². The van der Waals surface area contributed by atoms with E-state index in [1.807, 2.05) is 0 Å². The zero-order chi connectivity index (χ0) is 14.8. The first-order valence-corrected chi connectivity index (χ1v) is 6.47. The molecule has 0 spiro atoms. The van der Waals surface area contributed by atoms with Crippen LogP contribution < -0.4 is 5.32 Å². The molecule has 0 saturated heterocycles. The topological polar surface area (TPSA) is 110 Å². The molecule has 0 heterocycles. The summed E-state index contributed by atoms with van der Waals surface area (Å²) in [5.74, 6) is -1.74. The van der Waals surface area contributed by atoms with Crippen molar-refractivity contribution in [3.8, 4) is 0 Å². The van der Waals surface area contributed by atoms with Crippen LogP contribution >= 0.6 is 0 Å². The SMILES string of the molecule is [CH2]CCCCC(=O)NCC(=O)C(=N)C(CC)B(O)O. The number of nitrogens with one attached hydrogen (secondary N) is 2. The molecule has 0 aromatic rings. The van der Waals surface area contributed by atoms with Gasteiger partial charge in [0.05, 0.1) is 12.3 Å². The van der Waals surface area contributed by atoms with Crippen molar-refractivity contribution in [3.05, 3.63) is 6.92 Å². The van der Waals surface area contributed by atoms with Gasteiger partial charge < -0.3 is 20.8 Å². The maximum atomic E-state index is 11.6. The lowest BCUT2D eigenvalue weighted by Crippen LogP contribution is -2.37. The minimum absolute atomic E-state index is 0.243. The smallest absolute Gasteiger partial charge is 0.427 e. The second kappa shape index (κ2) is 9.69. The average Bonchev–Trinajstić information content (AvgIpc) is 2.36. The number of Topliss-reactive ketones (excluding diaryl/α,β-unsaturated/α-hetero) is 1. The van der Waals surface area contributed by atoms with E-state index in [1.54, 1.807) is 6.92 Å². The van der Waals surface area contributed by atoms with E-state index in [-0.39, 0.29) is 24.6 Å². The van der Waals surface area contributed by atoms with Crippen LogP contribution in [0.2, 0.25) is 5.82 Å². The Balaban J connectivity index is 4.09. The fourth-order valence-corrected chi connectivity index (χ4v) is 1.60. The summed E-state index contributed by atoms with van der Waals surface area (Å²) in [5, 5.41) is 28.0. The second-order valence-electron chi connectivity index (χ2n) is 4.35. The van der Waals surface area contributed by atoms with E-state index >= 15 is 0 Å². The Labute approximate surface area is 114 Å². The van der Waals surface area contributed by atoms with Crippen molar-refractivity contribution in [2.45, 2.75) is 44.8 Å². The van der Waals surface area contributed by atoms with Crippen LogP contribution in [0.25, 0.3) is 0 Å². The molecule has 0 aliphatic rings. The van der Waals surface area contributed by atoms with Crippen LogP contribution in [0.3, 0.4) is 0 Å². The van der Waals surface area contributed by atoms with Gasteiger partial charge in [-0.05, 0) is 12.8 Å². The Morgan fingerprint density at radius 1 is 1.37 bits per heavy atom. The summed E-state index contributed by atoms with van der Waals surface area (Å²) in [7, 11) is -1.73. The first-order chi connectivity index (χ1) is 8.93. The lowest BCUT2D eigenvalue weighted by molar-refractivity contribution is -0.123. The molecule has 0 aliphatic heterocycles. The van der Waals surface area contributed by atoms with Gasteiger partial charge >= 0.3 is 7.12 Å². The van der Waals surface area contributed by atoms with E-state index in [9.17, 15) is 9.59 Å². The van der Waals surface area contributed by atoms with Crippen LogP contribution in [-0.4, -0.2) is 41.1 Å². The molecule has 1 amide bonds. The van der Waals surface area contributed by atoms with Gasteiger partial charge in [-0.1, -0.05) is 26.7 Å². The van der Waals surface area contributed by atoms with Gasteiger partial charge in [0.15, 0.2) is 5.78 Å². The van der Waals surface area contributed by atoms with Gasteiger partial charge in [0.2, 0.25) is 5.91 Å². The third kappa shape index (κ3) is 7.08. The zero-order valence-corrected chi connectivity index (χ0v) is 11.3. The molecule has 0 rings (SSSR count). The molecule has 1 atom stereocenters. The molecule has 19 heavy (non-hydrogen) atoms. The Morgan fingerprint density at radius 3 is 2.47 bits per heavy atom. The summed E-state index contributed by atoms with van der Waals surface area (Å²) in [4.78, 5) is 23.0. The molecule has 0 bridgehead atoms. The van der Waals surface area contributed by atoms with Crippen LogP contribution in [-0.2, 0) is 9.59 Å². The highest BCUT2D eigenvalue weighted by atomic mass is 16.4. The minimum atomic E-state index is -1.73. The normalized spacial score (nSPS) is 11.8. The van der Waals surface area contributed by atoms with E-state index in [0.29, 0.717) is 12.8 Å². The highest BCUT2D eigenvalue weighted by molar-refractivity contribution is 6.58. The number of amides is 1. The zero-order valence-electron chi connectivity index (χ0n) is 11.3. The van der Waals surface area contributed by atoms with E-state index in [4.69, 9.17) is 15.5 Å². The van der Waals surface area contributed by atoms with E-state index in [1.165, 1.54) is 0 Å². The van der Waals surface area contributed by atoms with Gasteiger partial charge in [-0.25, -0.2) is 0 Å². The van der Waals surface area contributed by atoms with Gasteiger partial charge in [-0.15, -0.1) is 0 Å². The summed E-state index contributed by atoms with van der Waals surface area (Å²) in [6.45, 7) is 5.05. The number of ketones is 1. The van der Waals surface area contributed by atoms with Crippen molar-refractivity contribution in [2.75, 3.05) is 6.54 Å². The molecule has 7 heteroatoms. The summed E-state index contributed by atoms with van der Waals surface area (Å²) in [6, 6.07) is 0. The first kappa shape index (κ1) is 17.8. The highest BCUT2D eigenvalue weighted by Gasteiger charge is 2.29. The van der Waals surface area contributed by atoms with E-state index in [2.05, 4.69) is 12.2 Å². The maximum Gasteiger partial charge on any atom is 0.461 e. The third-order valence-electron chi connectivity index (χ3n) is 2.82. The van der Waals surface area contributed by atoms with Gasteiger partial charge in [0.25, 0.3) is 0 Å².